The molecule has 14 heavy (non-hydrogen) atoms. The first-order valence-electron chi connectivity index (χ1n) is 5.12. The molecule has 0 fully saturated rings. The lowest BCUT2D eigenvalue weighted by molar-refractivity contribution is -0.118. The third-order valence-corrected chi connectivity index (χ3v) is 2.43. The number of halogens is 1. The van der Waals surface area contributed by atoms with E-state index in [9.17, 15) is 9.60 Å². The molecule has 2 unspecified atom stereocenters. The molecule has 1 rings (SSSR count). The second-order valence-corrected chi connectivity index (χ2v) is 3.47. The topological polar surface area (TPSA) is 35.5 Å². The van der Waals surface area contributed by atoms with E-state index in [-0.39, 0.29) is 12.5 Å². The molecule has 0 aromatic rings. The fourth-order valence-electron chi connectivity index (χ4n) is 1.64. The van der Waals surface area contributed by atoms with Crippen LogP contribution in [0, 0.1) is 11.1 Å². The Hall–Kier alpha value is -0.450. The Labute approximate surface area is 84.1 Å². The van der Waals surface area contributed by atoms with Gasteiger partial charge in [-0.15, -0.1) is 0 Å². The number of rotatable bonds is 5. The highest BCUT2D eigenvalue weighted by Gasteiger charge is 2.20. The molecule has 1 aliphatic rings. The smallest absolute Gasteiger partial charge is 0.121 e. The zero-order valence-corrected chi connectivity index (χ0v) is 8.49. The Morgan fingerprint density at radius 3 is 3.07 bits per heavy atom. The van der Waals surface area contributed by atoms with Crippen LogP contribution in [0.15, 0.2) is 12.2 Å². The van der Waals surface area contributed by atoms with Crippen molar-refractivity contribution in [1.29, 1.82) is 0 Å². The molecule has 0 aromatic carbocycles. The maximum absolute atomic E-state index is 13.2. The summed E-state index contributed by atoms with van der Waals surface area (Å²) >= 11 is 0. The van der Waals surface area contributed by atoms with E-state index in [4.69, 9.17) is 4.84 Å². The van der Waals surface area contributed by atoms with Crippen molar-refractivity contribution in [2.75, 3.05) is 13.2 Å². The molecule has 1 aliphatic carbocycles. The van der Waals surface area contributed by atoms with Crippen LogP contribution in [0.1, 0.15) is 26.2 Å². The first kappa shape index (κ1) is 11.6. The van der Waals surface area contributed by atoms with Gasteiger partial charge in [-0.3, -0.25) is 5.23 Å². The van der Waals surface area contributed by atoms with Crippen molar-refractivity contribution in [2.24, 2.45) is 5.92 Å². The van der Waals surface area contributed by atoms with Crippen LogP contribution in [-0.4, -0.2) is 24.5 Å². The van der Waals surface area contributed by atoms with Gasteiger partial charge in [0, 0.05) is 6.54 Å². The summed E-state index contributed by atoms with van der Waals surface area (Å²) < 4.78 is 13.2. The summed E-state index contributed by atoms with van der Waals surface area (Å²) in [6.45, 7) is 2.38. The van der Waals surface area contributed by atoms with Gasteiger partial charge in [-0.1, -0.05) is 12.2 Å². The first-order chi connectivity index (χ1) is 6.74. The summed E-state index contributed by atoms with van der Waals surface area (Å²) in [5.41, 5.74) is 0. The highest BCUT2D eigenvalue weighted by atomic mass is 19.1. The summed E-state index contributed by atoms with van der Waals surface area (Å²) in [7, 11) is 0. The van der Waals surface area contributed by atoms with Gasteiger partial charge in [0.15, 0.2) is 0 Å². The van der Waals surface area contributed by atoms with Gasteiger partial charge in [0.25, 0.3) is 0 Å². The molecule has 0 saturated heterocycles. The van der Waals surface area contributed by atoms with E-state index in [0.29, 0.717) is 18.3 Å². The van der Waals surface area contributed by atoms with E-state index >= 15 is 0 Å². The third-order valence-electron chi connectivity index (χ3n) is 2.43. The van der Waals surface area contributed by atoms with Crippen LogP contribution in [0.4, 0.5) is 4.39 Å². The second-order valence-electron chi connectivity index (χ2n) is 3.47. The molecule has 0 aliphatic heterocycles. The van der Waals surface area contributed by atoms with Crippen molar-refractivity contribution in [1.82, 2.24) is 5.23 Å². The molecule has 3 nitrogen and oxygen atoms in total. The quantitative estimate of drug-likeness (QED) is 0.507. The zero-order valence-electron chi connectivity index (χ0n) is 8.49. The average molecular weight is 202 g/mol. The van der Waals surface area contributed by atoms with Gasteiger partial charge >= 0.3 is 0 Å². The van der Waals surface area contributed by atoms with Crippen molar-refractivity contribution >= 4 is 0 Å². The van der Waals surface area contributed by atoms with Gasteiger partial charge in [-0.2, -0.15) is 0 Å². The summed E-state index contributed by atoms with van der Waals surface area (Å²) in [5, 5.41) is 11.5. The van der Waals surface area contributed by atoms with E-state index in [1.807, 2.05) is 6.08 Å². The summed E-state index contributed by atoms with van der Waals surface area (Å²) in [5.74, 6) is -0.0168. The fourth-order valence-corrected chi connectivity index (χ4v) is 1.64. The van der Waals surface area contributed by atoms with Crippen LogP contribution in [-0.2, 0) is 4.84 Å². The Bertz CT molecular complexity index is 187. The molecule has 0 heterocycles. The standard InChI is InChI=1S/C10H17FNO2/c1-2-14-12(13)8-7-9-5-3-4-6-10(9)11/h4,6,9-10H,2-3,5,7-8H2,1H3/q-1. The molecular weight excluding hydrogens is 185 g/mol. The van der Waals surface area contributed by atoms with Gasteiger partial charge in [-0.05, 0) is 32.1 Å². The van der Waals surface area contributed by atoms with Crippen LogP contribution >= 0.6 is 0 Å². The summed E-state index contributed by atoms with van der Waals surface area (Å²) in [4.78, 5) is 4.71. The Morgan fingerprint density at radius 2 is 2.43 bits per heavy atom. The molecule has 0 radical (unpaired) electrons. The predicted octanol–water partition coefficient (Wildman–Crippen LogP) is 2.43. The van der Waals surface area contributed by atoms with Gasteiger partial charge in [-0.25, -0.2) is 4.39 Å². The molecule has 2 atom stereocenters. The molecule has 0 bridgehead atoms. The number of hydroxylamine groups is 2. The molecule has 0 aromatic heterocycles. The Kier molecular flexibility index (Phi) is 5.07. The van der Waals surface area contributed by atoms with E-state index in [0.717, 1.165) is 12.8 Å². The Balaban J connectivity index is 2.20. The minimum atomic E-state index is -0.890. The second kappa shape index (κ2) is 6.11. The largest absolute Gasteiger partial charge is 0.762 e. The van der Waals surface area contributed by atoms with Crippen LogP contribution in [0.3, 0.4) is 0 Å². The molecule has 82 valence electrons. The molecular formula is C10H17FNO2-. The SMILES string of the molecule is CCON([O-])CCC1CCC=CC1F. The normalized spacial score (nSPS) is 27.1. The molecule has 0 spiro atoms. The fraction of sp³-hybridized carbons (Fsp3) is 0.800. The van der Waals surface area contributed by atoms with Crippen molar-refractivity contribution in [3.05, 3.63) is 17.4 Å². The first-order valence-corrected chi connectivity index (χ1v) is 5.12. The van der Waals surface area contributed by atoms with Crippen molar-refractivity contribution in [3.8, 4) is 0 Å². The summed E-state index contributed by atoms with van der Waals surface area (Å²) in [6, 6.07) is 0. The highest BCUT2D eigenvalue weighted by Crippen LogP contribution is 2.24. The Morgan fingerprint density at radius 1 is 1.64 bits per heavy atom. The minimum absolute atomic E-state index is 0.0168. The van der Waals surface area contributed by atoms with E-state index in [1.54, 1.807) is 13.0 Å². The van der Waals surface area contributed by atoms with E-state index in [1.165, 1.54) is 0 Å². The third kappa shape index (κ3) is 3.74. The zero-order chi connectivity index (χ0) is 10.4. The summed E-state index contributed by atoms with van der Waals surface area (Å²) in [6.07, 6.45) is 4.87. The lowest BCUT2D eigenvalue weighted by atomic mass is 9.90. The molecule has 4 heteroatoms. The highest BCUT2D eigenvalue weighted by molar-refractivity contribution is 4.97. The van der Waals surface area contributed by atoms with Gasteiger partial charge in [0.2, 0.25) is 0 Å². The van der Waals surface area contributed by atoms with E-state index in [2.05, 4.69) is 0 Å². The van der Waals surface area contributed by atoms with Crippen LogP contribution < -0.4 is 0 Å². The molecule has 0 N–H and O–H groups in total. The lowest BCUT2D eigenvalue weighted by Gasteiger charge is -2.29. The number of hydrogen-bond donors (Lipinski definition) is 0. The lowest BCUT2D eigenvalue weighted by Crippen LogP contribution is -2.24. The van der Waals surface area contributed by atoms with Crippen LogP contribution in [0.2, 0.25) is 0 Å². The van der Waals surface area contributed by atoms with Crippen molar-refractivity contribution in [3.63, 3.8) is 0 Å². The van der Waals surface area contributed by atoms with Gasteiger partial charge in [0.05, 0.1) is 6.61 Å². The minimum Gasteiger partial charge on any atom is -0.762 e. The molecule has 0 saturated carbocycles. The average Bonchev–Trinajstić information content (AvgIpc) is 2.17. The number of hydrogen-bond acceptors (Lipinski definition) is 3. The number of alkyl halides is 1. The maximum atomic E-state index is 13.2. The molecule has 0 amide bonds. The number of nitrogens with zero attached hydrogens (tertiary/aromatic N) is 1. The number of allylic oxidation sites excluding steroid dienone is 2. The van der Waals surface area contributed by atoms with Crippen molar-refractivity contribution < 1.29 is 9.23 Å². The van der Waals surface area contributed by atoms with Crippen LogP contribution in [0.5, 0.6) is 0 Å². The van der Waals surface area contributed by atoms with Crippen molar-refractivity contribution in [2.45, 2.75) is 32.4 Å². The van der Waals surface area contributed by atoms with Gasteiger partial charge < -0.3 is 10.0 Å². The van der Waals surface area contributed by atoms with Crippen LogP contribution in [0.25, 0.3) is 0 Å². The maximum Gasteiger partial charge on any atom is 0.121 e. The monoisotopic (exact) mass is 202 g/mol. The van der Waals surface area contributed by atoms with Gasteiger partial charge in [0.1, 0.15) is 6.17 Å². The predicted molar refractivity (Wildman–Crippen MR) is 53.1 cm³/mol. The van der Waals surface area contributed by atoms with E-state index < -0.39 is 6.17 Å².